The fourth-order valence-electron chi connectivity index (χ4n) is 0.790. The molecule has 0 spiro atoms. The van der Waals surface area contributed by atoms with Crippen molar-refractivity contribution in [1.29, 1.82) is 0 Å². The zero-order valence-electron chi connectivity index (χ0n) is 6.28. The van der Waals surface area contributed by atoms with Crippen LogP contribution in [0.3, 0.4) is 0 Å². The lowest BCUT2D eigenvalue weighted by molar-refractivity contribution is -0.143. The molecule has 0 atom stereocenters. The molecule has 0 aliphatic carbocycles. The average molecular weight is 324 g/mol. The van der Waals surface area contributed by atoms with Crippen LogP contribution in [-0.4, -0.2) is 16.0 Å². The van der Waals surface area contributed by atoms with Gasteiger partial charge < -0.3 is 0 Å². The molecule has 7 heteroatoms. The molecule has 0 unspecified atom stereocenters. The van der Waals surface area contributed by atoms with Crippen molar-refractivity contribution in [3.05, 3.63) is 15.5 Å². The van der Waals surface area contributed by atoms with Crippen molar-refractivity contribution in [2.75, 3.05) is 0 Å². The molecule has 0 aliphatic rings. The number of hydrogen-bond donors (Lipinski definition) is 0. The SMILES string of the molecule is FC(F)(F)Cn1nc(CCl)cc1I. The zero-order chi connectivity index (χ0) is 10.1. The van der Waals surface area contributed by atoms with Gasteiger partial charge in [-0.05, 0) is 28.7 Å². The van der Waals surface area contributed by atoms with Crippen molar-refractivity contribution in [3.8, 4) is 0 Å². The van der Waals surface area contributed by atoms with E-state index in [0.717, 1.165) is 4.68 Å². The molecule has 1 heterocycles. The monoisotopic (exact) mass is 324 g/mol. The molecule has 0 aliphatic heterocycles. The number of alkyl halides is 4. The van der Waals surface area contributed by atoms with Crippen molar-refractivity contribution in [2.45, 2.75) is 18.6 Å². The number of aromatic nitrogens is 2. The first-order valence-corrected chi connectivity index (χ1v) is 4.88. The fraction of sp³-hybridized carbons (Fsp3) is 0.500. The van der Waals surface area contributed by atoms with Crippen LogP contribution in [0.5, 0.6) is 0 Å². The third kappa shape index (κ3) is 3.34. The Morgan fingerprint density at radius 2 is 2.15 bits per heavy atom. The van der Waals surface area contributed by atoms with Gasteiger partial charge in [-0.2, -0.15) is 18.3 Å². The molecule has 0 radical (unpaired) electrons. The predicted molar refractivity (Wildman–Crippen MR) is 50.6 cm³/mol. The standard InChI is InChI=1S/C6H5ClF3IN2/c7-2-4-1-5(11)13(12-4)3-6(8,9)10/h1H,2-3H2. The molecule has 1 rings (SSSR count). The number of halogens is 5. The first-order valence-electron chi connectivity index (χ1n) is 3.27. The molecule has 1 aromatic rings. The highest BCUT2D eigenvalue weighted by atomic mass is 127. The molecule has 1 aromatic heterocycles. The Hall–Kier alpha value is 0.0200. The minimum atomic E-state index is -4.24. The van der Waals surface area contributed by atoms with Gasteiger partial charge in [0.2, 0.25) is 0 Å². The van der Waals surface area contributed by atoms with E-state index in [1.807, 2.05) is 0 Å². The Balaban J connectivity index is 2.83. The highest BCUT2D eigenvalue weighted by Crippen LogP contribution is 2.19. The van der Waals surface area contributed by atoms with E-state index in [2.05, 4.69) is 5.10 Å². The Morgan fingerprint density at radius 1 is 1.54 bits per heavy atom. The smallest absolute Gasteiger partial charge is 0.250 e. The molecular weight excluding hydrogens is 319 g/mol. The van der Waals surface area contributed by atoms with Crippen LogP contribution >= 0.6 is 34.2 Å². The lowest BCUT2D eigenvalue weighted by atomic mass is 10.5. The van der Waals surface area contributed by atoms with Crippen molar-refractivity contribution >= 4 is 34.2 Å². The summed E-state index contributed by atoms with van der Waals surface area (Å²) in [6.45, 7) is -1.07. The summed E-state index contributed by atoms with van der Waals surface area (Å²) in [6.07, 6.45) is -4.24. The van der Waals surface area contributed by atoms with Crippen molar-refractivity contribution in [2.24, 2.45) is 0 Å². The van der Waals surface area contributed by atoms with Crippen LogP contribution < -0.4 is 0 Å². The molecule has 0 amide bonds. The van der Waals surface area contributed by atoms with Crippen LogP contribution in [0.4, 0.5) is 13.2 Å². The summed E-state index contributed by atoms with van der Waals surface area (Å²) >= 11 is 7.21. The first kappa shape index (κ1) is 11.1. The summed E-state index contributed by atoms with van der Waals surface area (Å²) in [5.74, 6) is 0.126. The van der Waals surface area contributed by atoms with E-state index in [4.69, 9.17) is 11.6 Å². The molecule has 13 heavy (non-hydrogen) atoms. The van der Waals surface area contributed by atoms with Crippen LogP contribution in [0.25, 0.3) is 0 Å². The summed E-state index contributed by atoms with van der Waals surface area (Å²) < 4.78 is 37.1. The summed E-state index contributed by atoms with van der Waals surface area (Å²) in [4.78, 5) is 0. The third-order valence-electron chi connectivity index (χ3n) is 1.25. The Kier molecular flexibility index (Phi) is 3.44. The molecule has 0 N–H and O–H groups in total. The van der Waals surface area contributed by atoms with Crippen molar-refractivity contribution in [1.82, 2.24) is 9.78 Å². The first-order chi connectivity index (χ1) is 5.92. The second-order valence-corrected chi connectivity index (χ2v) is 3.74. The van der Waals surface area contributed by atoms with Crippen LogP contribution in [0.1, 0.15) is 5.69 Å². The van der Waals surface area contributed by atoms with Crippen molar-refractivity contribution in [3.63, 3.8) is 0 Å². The molecule has 2 nitrogen and oxygen atoms in total. The summed E-state index contributed by atoms with van der Waals surface area (Å²) in [5, 5.41) is 3.67. The summed E-state index contributed by atoms with van der Waals surface area (Å²) in [7, 11) is 0. The van der Waals surface area contributed by atoms with Gasteiger partial charge in [-0.15, -0.1) is 11.6 Å². The highest BCUT2D eigenvalue weighted by Gasteiger charge is 2.29. The Bertz CT molecular complexity index is 297. The minimum Gasteiger partial charge on any atom is -0.250 e. The summed E-state index contributed by atoms with van der Waals surface area (Å²) in [5.41, 5.74) is 0.454. The van der Waals surface area contributed by atoms with E-state index < -0.39 is 12.7 Å². The predicted octanol–water partition coefficient (Wildman–Crippen LogP) is 2.79. The maximum atomic E-state index is 11.9. The lowest BCUT2D eigenvalue weighted by Crippen LogP contribution is -2.19. The number of nitrogens with zero attached hydrogens (tertiary/aromatic N) is 2. The van der Waals surface area contributed by atoms with Gasteiger partial charge in [0.25, 0.3) is 0 Å². The van der Waals surface area contributed by atoms with Crippen LogP contribution in [0, 0.1) is 3.70 Å². The maximum absolute atomic E-state index is 11.9. The normalized spacial score (nSPS) is 12.1. The van der Waals surface area contributed by atoms with Crippen LogP contribution in [0.15, 0.2) is 6.07 Å². The highest BCUT2D eigenvalue weighted by molar-refractivity contribution is 14.1. The van der Waals surface area contributed by atoms with Crippen LogP contribution in [0.2, 0.25) is 0 Å². The molecule has 0 saturated heterocycles. The fourth-order valence-corrected chi connectivity index (χ4v) is 1.56. The van der Waals surface area contributed by atoms with E-state index in [1.54, 1.807) is 22.6 Å². The number of hydrogen-bond acceptors (Lipinski definition) is 1. The Morgan fingerprint density at radius 3 is 2.54 bits per heavy atom. The van der Waals surface area contributed by atoms with Crippen molar-refractivity contribution < 1.29 is 13.2 Å². The number of rotatable bonds is 2. The topological polar surface area (TPSA) is 17.8 Å². The van der Waals surface area contributed by atoms with Gasteiger partial charge in [-0.1, -0.05) is 0 Å². The van der Waals surface area contributed by atoms with Gasteiger partial charge >= 0.3 is 6.18 Å². The zero-order valence-corrected chi connectivity index (χ0v) is 9.19. The maximum Gasteiger partial charge on any atom is 0.408 e. The van der Waals surface area contributed by atoms with Crippen LogP contribution in [-0.2, 0) is 12.4 Å². The summed E-state index contributed by atoms with van der Waals surface area (Å²) in [6, 6.07) is 1.53. The van der Waals surface area contributed by atoms with Gasteiger partial charge in [-0.3, -0.25) is 0 Å². The Labute approximate surface area is 91.2 Å². The van der Waals surface area contributed by atoms with Gasteiger partial charge in [0.1, 0.15) is 6.54 Å². The molecule has 0 saturated carbocycles. The molecule has 74 valence electrons. The van der Waals surface area contributed by atoms with Gasteiger partial charge in [0.05, 0.1) is 15.3 Å². The second-order valence-electron chi connectivity index (χ2n) is 2.36. The van der Waals surface area contributed by atoms with Gasteiger partial charge in [0, 0.05) is 0 Å². The van der Waals surface area contributed by atoms with Gasteiger partial charge in [0.15, 0.2) is 0 Å². The largest absolute Gasteiger partial charge is 0.408 e. The molecule has 0 fully saturated rings. The second kappa shape index (κ2) is 4.04. The van der Waals surface area contributed by atoms with E-state index in [-0.39, 0.29) is 5.88 Å². The lowest BCUT2D eigenvalue weighted by Gasteiger charge is -2.06. The van der Waals surface area contributed by atoms with Gasteiger partial charge in [-0.25, -0.2) is 4.68 Å². The average Bonchev–Trinajstić information content (AvgIpc) is 2.29. The van der Waals surface area contributed by atoms with E-state index in [9.17, 15) is 13.2 Å². The molecule has 0 aromatic carbocycles. The van der Waals surface area contributed by atoms with E-state index >= 15 is 0 Å². The third-order valence-corrected chi connectivity index (χ3v) is 2.39. The minimum absolute atomic E-state index is 0.126. The van der Waals surface area contributed by atoms with E-state index in [0.29, 0.717) is 9.39 Å². The van der Waals surface area contributed by atoms with E-state index in [1.165, 1.54) is 6.07 Å². The molecule has 0 bridgehead atoms. The quantitative estimate of drug-likeness (QED) is 0.604. The molecular formula is C6H5ClF3IN2.